The van der Waals surface area contributed by atoms with E-state index in [1.807, 2.05) is 43.3 Å². The molecule has 1 heterocycles. The molecule has 1 N–H and O–H groups in total. The maximum Gasteiger partial charge on any atom is 0.265 e. The summed E-state index contributed by atoms with van der Waals surface area (Å²) in [5, 5.41) is 3.56. The lowest BCUT2D eigenvalue weighted by atomic mass is 10.1. The Balaban J connectivity index is 1.65. The van der Waals surface area contributed by atoms with Gasteiger partial charge in [-0.2, -0.15) is 0 Å². The minimum Gasteiger partial charge on any atom is -0.485 e. The number of benzene rings is 2. The highest BCUT2D eigenvalue weighted by atomic mass is 35.5. The summed E-state index contributed by atoms with van der Waals surface area (Å²) >= 11 is 5.97. The Morgan fingerprint density at radius 1 is 1.23 bits per heavy atom. The summed E-state index contributed by atoms with van der Waals surface area (Å²) in [6.07, 6.45) is -0.656. The van der Waals surface area contributed by atoms with Crippen molar-refractivity contribution in [3.05, 3.63) is 59.1 Å². The van der Waals surface area contributed by atoms with Crippen LogP contribution in [-0.4, -0.2) is 18.6 Å². The zero-order valence-electron chi connectivity index (χ0n) is 12.1. The summed E-state index contributed by atoms with van der Waals surface area (Å²) in [5.74, 6) is 1.04. The van der Waals surface area contributed by atoms with E-state index in [9.17, 15) is 4.79 Å². The van der Waals surface area contributed by atoms with Gasteiger partial charge < -0.3 is 14.8 Å². The molecule has 4 nitrogen and oxygen atoms in total. The summed E-state index contributed by atoms with van der Waals surface area (Å²) in [5.41, 5.74) is 0.943. The minimum atomic E-state index is -0.656. The smallest absolute Gasteiger partial charge is 0.265 e. The quantitative estimate of drug-likeness (QED) is 0.944. The number of nitrogens with one attached hydrogen (secondary N) is 1. The third kappa shape index (κ3) is 3.17. The molecule has 0 bridgehead atoms. The number of hydrogen-bond donors (Lipinski definition) is 1. The van der Waals surface area contributed by atoms with Crippen LogP contribution in [0.15, 0.2) is 48.5 Å². The monoisotopic (exact) mass is 317 g/mol. The highest BCUT2D eigenvalue weighted by Gasteiger charge is 2.28. The minimum absolute atomic E-state index is 0.160. The zero-order valence-corrected chi connectivity index (χ0v) is 12.8. The molecule has 1 aliphatic heterocycles. The Labute approximate surface area is 134 Å². The van der Waals surface area contributed by atoms with E-state index in [1.165, 1.54) is 0 Å². The summed E-state index contributed by atoms with van der Waals surface area (Å²) in [4.78, 5) is 12.3. The van der Waals surface area contributed by atoms with Crippen LogP contribution in [0.3, 0.4) is 0 Å². The Morgan fingerprint density at radius 2 is 2.00 bits per heavy atom. The first-order chi connectivity index (χ1) is 10.6. The van der Waals surface area contributed by atoms with Gasteiger partial charge in [0, 0.05) is 5.02 Å². The highest BCUT2D eigenvalue weighted by molar-refractivity contribution is 6.30. The number of fused-ring (bicyclic) bond motifs is 1. The topological polar surface area (TPSA) is 47.6 Å². The van der Waals surface area contributed by atoms with Crippen LogP contribution in [0.5, 0.6) is 11.5 Å². The first-order valence-electron chi connectivity index (χ1n) is 7.08. The normalized spacial score (nSPS) is 17.6. The third-order valence-electron chi connectivity index (χ3n) is 3.51. The Hall–Kier alpha value is -2.20. The van der Waals surface area contributed by atoms with Crippen molar-refractivity contribution in [2.24, 2.45) is 0 Å². The molecular weight excluding hydrogens is 302 g/mol. The van der Waals surface area contributed by atoms with E-state index in [2.05, 4.69) is 5.32 Å². The predicted octanol–water partition coefficient (Wildman–Crippen LogP) is 3.36. The average Bonchev–Trinajstić information content (AvgIpc) is 2.54. The van der Waals surface area contributed by atoms with Crippen molar-refractivity contribution in [1.82, 2.24) is 5.32 Å². The van der Waals surface area contributed by atoms with E-state index >= 15 is 0 Å². The number of halogens is 1. The maximum atomic E-state index is 12.3. The molecule has 5 heteroatoms. The lowest BCUT2D eigenvalue weighted by Crippen LogP contribution is -2.44. The fraction of sp³-hybridized carbons (Fsp3) is 0.235. The van der Waals surface area contributed by atoms with Crippen molar-refractivity contribution in [1.29, 1.82) is 0 Å². The number of para-hydroxylation sites is 2. The van der Waals surface area contributed by atoms with Gasteiger partial charge in [-0.25, -0.2) is 0 Å². The van der Waals surface area contributed by atoms with Crippen molar-refractivity contribution in [3.8, 4) is 11.5 Å². The molecule has 0 saturated heterocycles. The number of carbonyl (C=O) groups is 1. The lowest BCUT2D eigenvalue weighted by Gasteiger charge is -2.26. The van der Waals surface area contributed by atoms with Crippen molar-refractivity contribution in [3.63, 3.8) is 0 Å². The number of amides is 1. The largest absolute Gasteiger partial charge is 0.485 e. The first kappa shape index (κ1) is 14.7. The van der Waals surface area contributed by atoms with Gasteiger partial charge in [0.05, 0.1) is 6.04 Å². The van der Waals surface area contributed by atoms with Crippen molar-refractivity contribution < 1.29 is 14.3 Å². The second kappa shape index (κ2) is 6.28. The van der Waals surface area contributed by atoms with Gasteiger partial charge in [-0.1, -0.05) is 35.9 Å². The molecule has 2 atom stereocenters. The van der Waals surface area contributed by atoms with Crippen LogP contribution >= 0.6 is 11.6 Å². The SMILES string of the molecule is C[C@H](NC(=O)[C@H]1COc2ccccc2O1)c1cccc(Cl)c1. The van der Waals surface area contributed by atoms with Crippen LogP contribution in [0.25, 0.3) is 0 Å². The molecule has 0 spiro atoms. The van der Waals surface area contributed by atoms with Gasteiger partial charge in [-0.3, -0.25) is 4.79 Å². The molecule has 0 aliphatic carbocycles. The van der Waals surface area contributed by atoms with Gasteiger partial charge in [-0.15, -0.1) is 0 Å². The molecule has 2 aromatic carbocycles. The predicted molar refractivity (Wildman–Crippen MR) is 84.4 cm³/mol. The summed E-state index contributed by atoms with van der Waals surface area (Å²) < 4.78 is 11.2. The average molecular weight is 318 g/mol. The van der Waals surface area contributed by atoms with Crippen LogP contribution in [-0.2, 0) is 4.79 Å². The van der Waals surface area contributed by atoms with Crippen molar-refractivity contribution >= 4 is 17.5 Å². The Kier molecular flexibility index (Phi) is 4.20. The Bertz CT molecular complexity index is 689. The molecule has 2 aromatic rings. The van der Waals surface area contributed by atoms with Crippen LogP contribution < -0.4 is 14.8 Å². The number of hydrogen-bond acceptors (Lipinski definition) is 3. The highest BCUT2D eigenvalue weighted by Crippen LogP contribution is 2.31. The molecule has 0 aromatic heterocycles. The van der Waals surface area contributed by atoms with E-state index in [-0.39, 0.29) is 18.6 Å². The van der Waals surface area contributed by atoms with E-state index in [0.29, 0.717) is 16.5 Å². The molecule has 0 fully saturated rings. The zero-order chi connectivity index (χ0) is 15.5. The lowest BCUT2D eigenvalue weighted by molar-refractivity contribution is -0.131. The van der Waals surface area contributed by atoms with E-state index < -0.39 is 6.10 Å². The molecule has 1 aliphatic rings. The van der Waals surface area contributed by atoms with Crippen LogP contribution in [0.1, 0.15) is 18.5 Å². The molecule has 114 valence electrons. The maximum absolute atomic E-state index is 12.3. The molecule has 1 amide bonds. The molecule has 0 radical (unpaired) electrons. The molecule has 3 rings (SSSR count). The summed E-state index contributed by atoms with van der Waals surface area (Å²) in [6, 6.07) is 14.6. The third-order valence-corrected chi connectivity index (χ3v) is 3.74. The molecule has 0 unspecified atom stereocenters. The van der Waals surface area contributed by atoms with E-state index in [4.69, 9.17) is 21.1 Å². The van der Waals surface area contributed by atoms with E-state index in [0.717, 1.165) is 5.56 Å². The van der Waals surface area contributed by atoms with Crippen molar-refractivity contribution in [2.45, 2.75) is 19.1 Å². The van der Waals surface area contributed by atoms with Crippen molar-refractivity contribution in [2.75, 3.05) is 6.61 Å². The second-order valence-corrected chi connectivity index (χ2v) is 5.59. The number of rotatable bonds is 3. The van der Waals surface area contributed by atoms with Crippen LogP contribution in [0, 0.1) is 0 Å². The molecular formula is C17H16ClNO3. The fourth-order valence-electron chi connectivity index (χ4n) is 2.31. The van der Waals surface area contributed by atoms with Gasteiger partial charge in [0.15, 0.2) is 11.5 Å². The summed E-state index contributed by atoms with van der Waals surface area (Å²) in [7, 11) is 0. The first-order valence-corrected chi connectivity index (χ1v) is 7.45. The van der Waals surface area contributed by atoms with E-state index in [1.54, 1.807) is 12.1 Å². The number of ether oxygens (including phenoxy) is 2. The number of carbonyl (C=O) groups excluding carboxylic acids is 1. The molecule has 22 heavy (non-hydrogen) atoms. The fourth-order valence-corrected chi connectivity index (χ4v) is 2.51. The molecule has 0 saturated carbocycles. The van der Waals surface area contributed by atoms with Crippen LogP contribution in [0.4, 0.5) is 0 Å². The second-order valence-electron chi connectivity index (χ2n) is 5.15. The standard InChI is InChI=1S/C17H16ClNO3/c1-11(12-5-4-6-13(18)9-12)19-17(20)16-10-21-14-7-2-3-8-15(14)22-16/h2-9,11,16H,10H2,1H3,(H,19,20)/t11-,16+/m0/s1. The Morgan fingerprint density at radius 3 is 2.77 bits per heavy atom. The van der Waals surface area contributed by atoms with Gasteiger partial charge in [-0.05, 0) is 36.8 Å². The summed E-state index contributed by atoms with van der Waals surface area (Å²) in [6.45, 7) is 2.10. The van der Waals surface area contributed by atoms with Gasteiger partial charge in [0.2, 0.25) is 6.10 Å². The van der Waals surface area contributed by atoms with Gasteiger partial charge in [0.25, 0.3) is 5.91 Å². The van der Waals surface area contributed by atoms with Crippen LogP contribution in [0.2, 0.25) is 5.02 Å². The van der Waals surface area contributed by atoms with Gasteiger partial charge in [0.1, 0.15) is 6.61 Å². The van der Waals surface area contributed by atoms with Gasteiger partial charge >= 0.3 is 0 Å².